The van der Waals surface area contributed by atoms with E-state index in [0.29, 0.717) is 13.0 Å². The van der Waals surface area contributed by atoms with Crippen LogP contribution in [0.2, 0.25) is 0 Å². The third-order valence-electron chi connectivity index (χ3n) is 4.19. The Bertz CT molecular complexity index is 450. The molecule has 4 heteroatoms. The van der Waals surface area contributed by atoms with Crippen molar-refractivity contribution < 1.29 is 4.79 Å². The van der Waals surface area contributed by atoms with Gasteiger partial charge >= 0.3 is 0 Å². The van der Waals surface area contributed by atoms with Gasteiger partial charge in [0.2, 0.25) is 5.91 Å². The summed E-state index contributed by atoms with van der Waals surface area (Å²) in [6, 6.07) is 8.67. The highest BCUT2D eigenvalue weighted by molar-refractivity contribution is 5.75. The van der Waals surface area contributed by atoms with Gasteiger partial charge in [0.05, 0.1) is 0 Å². The molecule has 1 amide bonds. The van der Waals surface area contributed by atoms with Crippen molar-refractivity contribution in [2.45, 2.75) is 58.2 Å². The standard InChI is InChI=1S/C18H29N3O/c1-15(19)5-10-18(22)20-13-16-6-8-17(9-7-16)14-21-11-3-2-4-12-21/h6-9,15H,2-5,10-14,19H2,1H3,(H,20,22). The Morgan fingerprint density at radius 3 is 2.45 bits per heavy atom. The molecular weight excluding hydrogens is 274 g/mol. The molecule has 1 atom stereocenters. The summed E-state index contributed by atoms with van der Waals surface area (Å²) in [5, 5.41) is 2.95. The zero-order valence-corrected chi connectivity index (χ0v) is 13.7. The van der Waals surface area contributed by atoms with Gasteiger partial charge in [-0.15, -0.1) is 0 Å². The molecule has 0 spiro atoms. The monoisotopic (exact) mass is 303 g/mol. The first-order valence-corrected chi connectivity index (χ1v) is 8.46. The van der Waals surface area contributed by atoms with Crippen LogP contribution < -0.4 is 11.1 Å². The van der Waals surface area contributed by atoms with Crippen LogP contribution in [0.4, 0.5) is 0 Å². The minimum Gasteiger partial charge on any atom is -0.352 e. The van der Waals surface area contributed by atoms with E-state index < -0.39 is 0 Å². The van der Waals surface area contributed by atoms with Crippen molar-refractivity contribution in [2.24, 2.45) is 5.73 Å². The Kier molecular flexibility index (Phi) is 6.87. The summed E-state index contributed by atoms with van der Waals surface area (Å²) in [5.74, 6) is 0.0784. The van der Waals surface area contributed by atoms with Crippen LogP contribution in [0.1, 0.15) is 50.2 Å². The topological polar surface area (TPSA) is 58.4 Å². The summed E-state index contributed by atoms with van der Waals surface area (Å²) in [5.41, 5.74) is 8.16. The third kappa shape index (κ3) is 6.16. The maximum atomic E-state index is 11.7. The minimum absolute atomic E-state index is 0.0784. The van der Waals surface area contributed by atoms with Gasteiger partial charge in [0.1, 0.15) is 0 Å². The average Bonchev–Trinajstić information content (AvgIpc) is 2.53. The zero-order chi connectivity index (χ0) is 15.8. The van der Waals surface area contributed by atoms with Gasteiger partial charge in [0.15, 0.2) is 0 Å². The van der Waals surface area contributed by atoms with Crippen LogP contribution >= 0.6 is 0 Å². The number of nitrogens with one attached hydrogen (secondary N) is 1. The quantitative estimate of drug-likeness (QED) is 0.813. The van der Waals surface area contributed by atoms with Crippen molar-refractivity contribution in [1.82, 2.24) is 10.2 Å². The molecule has 1 aromatic carbocycles. The summed E-state index contributed by atoms with van der Waals surface area (Å²) in [7, 11) is 0. The zero-order valence-electron chi connectivity index (χ0n) is 13.7. The fourth-order valence-corrected chi connectivity index (χ4v) is 2.79. The Morgan fingerprint density at radius 2 is 1.82 bits per heavy atom. The van der Waals surface area contributed by atoms with Gasteiger partial charge in [-0.25, -0.2) is 0 Å². The molecule has 0 saturated carbocycles. The maximum Gasteiger partial charge on any atom is 0.220 e. The lowest BCUT2D eigenvalue weighted by atomic mass is 10.1. The molecule has 0 radical (unpaired) electrons. The molecular formula is C18H29N3O. The second-order valence-electron chi connectivity index (χ2n) is 6.45. The van der Waals surface area contributed by atoms with Gasteiger partial charge in [-0.1, -0.05) is 30.7 Å². The number of piperidine rings is 1. The Morgan fingerprint density at radius 1 is 1.18 bits per heavy atom. The van der Waals surface area contributed by atoms with Crippen LogP contribution in [-0.4, -0.2) is 29.9 Å². The van der Waals surface area contributed by atoms with Crippen molar-refractivity contribution in [3.63, 3.8) is 0 Å². The number of carbonyl (C=O) groups is 1. The van der Waals surface area contributed by atoms with Crippen molar-refractivity contribution in [1.29, 1.82) is 0 Å². The van der Waals surface area contributed by atoms with E-state index in [1.54, 1.807) is 0 Å². The van der Waals surface area contributed by atoms with Crippen LogP contribution in [0.25, 0.3) is 0 Å². The van der Waals surface area contributed by atoms with Crippen LogP contribution in [0.15, 0.2) is 24.3 Å². The lowest BCUT2D eigenvalue weighted by molar-refractivity contribution is -0.121. The molecule has 1 unspecified atom stereocenters. The molecule has 1 aliphatic heterocycles. The lowest BCUT2D eigenvalue weighted by Crippen LogP contribution is -2.29. The Hall–Kier alpha value is -1.39. The van der Waals surface area contributed by atoms with E-state index in [2.05, 4.69) is 34.5 Å². The van der Waals surface area contributed by atoms with Crippen molar-refractivity contribution in [2.75, 3.05) is 13.1 Å². The van der Waals surface area contributed by atoms with E-state index in [1.165, 1.54) is 37.9 Å². The van der Waals surface area contributed by atoms with Gasteiger partial charge in [0, 0.05) is 25.6 Å². The molecule has 22 heavy (non-hydrogen) atoms. The number of nitrogens with zero attached hydrogens (tertiary/aromatic N) is 1. The first-order valence-electron chi connectivity index (χ1n) is 8.46. The van der Waals surface area contributed by atoms with Gasteiger partial charge in [-0.3, -0.25) is 9.69 Å². The van der Waals surface area contributed by atoms with Crippen molar-refractivity contribution in [3.05, 3.63) is 35.4 Å². The van der Waals surface area contributed by atoms with E-state index in [1.807, 2.05) is 6.92 Å². The Balaban J connectivity index is 1.73. The summed E-state index contributed by atoms with van der Waals surface area (Å²) in [6.45, 7) is 6.01. The molecule has 1 heterocycles. The van der Waals surface area contributed by atoms with Gasteiger partial charge in [-0.05, 0) is 50.4 Å². The predicted octanol–water partition coefficient (Wildman–Crippen LogP) is 2.42. The van der Waals surface area contributed by atoms with E-state index in [4.69, 9.17) is 5.73 Å². The summed E-state index contributed by atoms with van der Waals surface area (Å²) < 4.78 is 0. The molecule has 2 rings (SSSR count). The fraction of sp³-hybridized carbons (Fsp3) is 0.611. The molecule has 3 N–H and O–H groups in total. The predicted molar refractivity (Wildman–Crippen MR) is 90.3 cm³/mol. The number of amides is 1. The molecule has 1 saturated heterocycles. The first-order chi connectivity index (χ1) is 10.6. The number of likely N-dealkylation sites (tertiary alicyclic amines) is 1. The van der Waals surface area contributed by atoms with Crippen LogP contribution in [0, 0.1) is 0 Å². The summed E-state index contributed by atoms with van der Waals surface area (Å²) >= 11 is 0. The van der Waals surface area contributed by atoms with Gasteiger partial charge < -0.3 is 11.1 Å². The Labute approximate surface area is 134 Å². The highest BCUT2D eigenvalue weighted by Crippen LogP contribution is 2.13. The van der Waals surface area contributed by atoms with Crippen molar-refractivity contribution in [3.8, 4) is 0 Å². The van der Waals surface area contributed by atoms with E-state index in [9.17, 15) is 4.79 Å². The summed E-state index contributed by atoms with van der Waals surface area (Å²) in [4.78, 5) is 14.2. The first kappa shape index (κ1) is 17.0. The van der Waals surface area contributed by atoms with Crippen LogP contribution in [0.5, 0.6) is 0 Å². The molecule has 0 aliphatic carbocycles. The number of carbonyl (C=O) groups excluding carboxylic acids is 1. The largest absolute Gasteiger partial charge is 0.352 e. The lowest BCUT2D eigenvalue weighted by Gasteiger charge is -2.26. The van der Waals surface area contributed by atoms with Gasteiger partial charge in [0.25, 0.3) is 0 Å². The fourth-order valence-electron chi connectivity index (χ4n) is 2.79. The summed E-state index contributed by atoms with van der Waals surface area (Å²) in [6.07, 6.45) is 5.26. The molecule has 4 nitrogen and oxygen atoms in total. The number of nitrogens with two attached hydrogens (primary N) is 1. The number of hydrogen-bond donors (Lipinski definition) is 2. The maximum absolute atomic E-state index is 11.7. The van der Waals surface area contributed by atoms with Crippen LogP contribution in [-0.2, 0) is 17.9 Å². The average molecular weight is 303 g/mol. The normalized spacial score (nSPS) is 17.2. The molecule has 1 fully saturated rings. The highest BCUT2D eigenvalue weighted by atomic mass is 16.1. The second-order valence-corrected chi connectivity index (χ2v) is 6.45. The molecule has 0 aromatic heterocycles. The van der Waals surface area contributed by atoms with E-state index in [0.717, 1.165) is 18.5 Å². The third-order valence-corrected chi connectivity index (χ3v) is 4.19. The molecule has 1 aliphatic rings. The number of rotatable bonds is 7. The van der Waals surface area contributed by atoms with E-state index in [-0.39, 0.29) is 11.9 Å². The molecule has 0 bridgehead atoms. The number of hydrogen-bond acceptors (Lipinski definition) is 3. The molecule has 1 aromatic rings. The second kappa shape index (κ2) is 8.91. The SMILES string of the molecule is CC(N)CCC(=O)NCc1ccc(CN2CCCCC2)cc1. The van der Waals surface area contributed by atoms with Gasteiger partial charge in [-0.2, -0.15) is 0 Å². The highest BCUT2D eigenvalue weighted by Gasteiger charge is 2.10. The van der Waals surface area contributed by atoms with Crippen LogP contribution in [0.3, 0.4) is 0 Å². The van der Waals surface area contributed by atoms with E-state index >= 15 is 0 Å². The minimum atomic E-state index is 0.0784. The number of benzene rings is 1. The molecule has 122 valence electrons. The smallest absolute Gasteiger partial charge is 0.220 e. The van der Waals surface area contributed by atoms with Crippen molar-refractivity contribution >= 4 is 5.91 Å².